The van der Waals surface area contributed by atoms with E-state index >= 15 is 0 Å². The van der Waals surface area contributed by atoms with Crippen molar-refractivity contribution in [3.63, 3.8) is 0 Å². The molecule has 0 aliphatic heterocycles. The van der Waals surface area contributed by atoms with E-state index in [1.54, 1.807) is 6.26 Å². The van der Waals surface area contributed by atoms with Gasteiger partial charge in [-0.25, -0.2) is 0 Å². The molecule has 2 nitrogen and oxygen atoms in total. The molecular formula is C13H16BrNO. The number of rotatable bonds is 2. The zero-order chi connectivity index (χ0) is 10.9. The Morgan fingerprint density at radius 2 is 2.00 bits per heavy atom. The van der Waals surface area contributed by atoms with Gasteiger partial charge in [0.2, 0.25) is 0 Å². The van der Waals surface area contributed by atoms with Gasteiger partial charge in [-0.15, -0.1) is 0 Å². The minimum absolute atomic E-state index is 0.114. The van der Waals surface area contributed by atoms with Gasteiger partial charge in [0, 0.05) is 0 Å². The lowest BCUT2D eigenvalue weighted by Gasteiger charge is -2.14. The molecule has 0 amide bonds. The Hall–Kier alpha value is -0.280. The molecule has 3 aliphatic rings. The third kappa shape index (κ3) is 1.11. The molecule has 3 aliphatic carbocycles. The van der Waals surface area contributed by atoms with Crippen LogP contribution in [0.3, 0.4) is 0 Å². The maximum absolute atomic E-state index is 6.36. The van der Waals surface area contributed by atoms with E-state index in [4.69, 9.17) is 10.2 Å². The lowest BCUT2D eigenvalue weighted by atomic mass is 9.97. The quantitative estimate of drug-likeness (QED) is 0.903. The smallest absolute Gasteiger partial charge is 0.134 e. The number of fused-ring (bicyclic) bond motifs is 5. The molecule has 3 saturated carbocycles. The summed E-state index contributed by atoms with van der Waals surface area (Å²) in [5.74, 6) is 5.48. The summed E-state index contributed by atoms with van der Waals surface area (Å²) in [4.78, 5) is 0. The van der Waals surface area contributed by atoms with Crippen LogP contribution in [0.1, 0.15) is 31.1 Å². The highest BCUT2D eigenvalue weighted by Gasteiger charge is 2.66. The van der Waals surface area contributed by atoms with E-state index in [9.17, 15) is 0 Å². The highest BCUT2D eigenvalue weighted by molar-refractivity contribution is 9.10. The van der Waals surface area contributed by atoms with Crippen LogP contribution in [0.4, 0.5) is 0 Å². The molecule has 0 spiro atoms. The van der Waals surface area contributed by atoms with Gasteiger partial charge in [-0.3, -0.25) is 0 Å². The minimum atomic E-state index is 0.114. The Bertz CT molecular complexity index is 413. The Labute approximate surface area is 104 Å². The SMILES string of the molecule is NC(c1occc1Br)C1C2C3CCC(C3)C21. The molecular weight excluding hydrogens is 266 g/mol. The Balaban J connectivity index is 1.59. The molecule has 3 fully saturated rings. The average Bonchev–Trinajstić information content (AvgIpc) is 2.67. The highest BCUT2D eigenvalue weighted by atomic mass is 79.9. The predicted molar refractivity (Wildman–Crippen MR) is 64.6 cm³/mol. The molecule has 0 saturated heterocycles. The van der Waals surface area contributed by atoms with E-state index < -0.39 is 0 Å². The van der Waals surface area contributed by atoms with Crippen molar-refractivity contribution in [1.82, 2.24) is 0 Å². The third-order valence-electron chi connectivity index (χ3n) is 5.16. The molecule has 5 unspecified atom stereocenters. The first-order chi connectivity index (χ1) is 7.77. The Kier molecular flexibility index (Phi) is 1.91. The number of hydrogen-bond donors (Lipinski definition) is 1. The molecule has 86 valence electrons. The van der Waals surface area contributed by atoms with Crippen LogP contribution in [0.15, 0.2) is 21.2 Å². The van der Waals surface area contributed by atoms with Gasteiger partial charge in [-0.1, -0.05) is 0 Å². The lowest BCUT2D eigenvalue weighted by Crippen LogP contribution is -2.17. The van der Waals surface area contributed by atoms with Crippen molar-refractivity contribution in [2.24, 2.45) is 35.3 Å². The van der Waals surface area contributed by atoms with Crippen molar-refractivity contribution in [3.8, 4) is 0 Å². The van der Waals surface area contributed by atoms with E-state index in [0.29, 0.717) is 5.92 Å². The van der Waals surface area contributed by atoms with Gasteiger partial charge < -0.3 is 10.2 Å². The molecule has 1 aromatic heterocycles. The van der Waals surface area contributed by atoms with Gasteiger partial charge in [-0.2, -0.15) is 0 Å². The molecule has 3 heteroatoms. The first-order valence-electron chi connectivity index (χ1n) is 6.26. The summed E-state index contributed by atoms with van der Waals surface area (Å²) < 4.78 is 6.55. The van der Waals surface area contributed by atoms with Crippen LogP contribution >= 0.6 is 15.9 Å². The minimum Gasteiger partial charge on any atom is -0.466 e. The largest absolute Gasteiger partial charge is 0.466 e. The van der Waals surface area contributed by atoms with Crippen LogP contribution in [0.25, 0.3) is 0 Å². The van der Waals surface area contributed by atoms with Gasteiger partial charge in [0.1, 0.15) is 5.76 Å². The Morgan fingerprint density at radius 3 is 2.56 bits per heavy atom. The van der Waals surface area contributed by atoms with E-state index in [-0.39, 0.29) is 6.04 Å². The Morgan fingerprint density at radius 1 is 1.31 bits per heavy atom. The molecule has 1 aromatic rings. The number of hydrogen-bond acceptors (Lipinski definition) is 2. The molecule has 5 atom stereocenters. The molecule has 0 aromatic carbocycles. The molecule has 2 N–H and O–H groups in total. The predicted octanol–water partition coefficient (Wildman–Crippen LogP) is 3.33. The summed E-state index contributed by atoms with van der Waals surface area (Å²) in [5, 5.41) is 0. The lowest BCUT2D eigenvalue weighted by molar-refractivity contribution is 0.369. The zero-order valence-electron chi connectivity index (χ0n) is 9.10. The fourth-order valence-corrected chi connectivity index (χ4v) is 5.06. The molecule has 0 radical (unpaired) electrons. The van der Waals surface area contributed by atoms with Crippen molar-refractivity contribution < 1.29 is 4.42 Å². The van der Waals surface area contributed by atoms with Crippen molar-refractivity contribution in [2.75, 3.05) is 0 Å². The van der Waals surface area contributed by atoms with Gasteiger partial charge in [0.15, 0.2) is 0 Å². The van der Waals surface area contributed by atoms with E-state index in [1.165, 1.54) is 19.3 Å². The molecule has 4 rings (SSSR count). The van der Waals surface area contributed by atoms with Crippen LogP contribution < -0.4 is 5.73 Å². The second-order valence-corrected chi connectivity index (χ2v) is 6.58. The average molecular weight is 282 g/mol. The highest BCUT2D eigenvalue weighted by Crippen LogP contribution is 2.71. The zero-order valence-corrected chi connectivity index (χ0v) is 10.7. The normalized spacial score (nSPS) is 45.8. The number of halogens is 1. The summed E-state index contributed by atoms with van der Waals surface area (Å²) in [7, 11) is 0. The van der Waals surface area contributed by atoms with Crippen molar-refractivity contribution in [2.45, 2.75) is 25.3 Å². The second-order valence-electron chi connectivity index (χ2n) is 5.72. The third-order valence-corrected chi connectivity index (χ3v) is 5.81. The standard InChI is InChI=1S/C13H16BrNO/c14-8-3-4-16-13(8)12(15)11-9-6-1-2-7(5-6)10(9)11/h3-4,6-7,9-12H,1-2,5,15H2. The summed E-state index contributed by atoms with van der Waals surface area (Å²) in [6, 6.07) is 2.06. The molecule has 16 heavy (non-hydrogen) atoms. The van der Waals surface area contributed by atoms with Crippen molar-refractivity contribution >= 4 is 15.9 Å². The molecule has 1 heterocycles. The summed E-state index contributed by atoms with van der Waals surface area (Å²) in [6.45, 7) is 0. The first-order valence-corrected chi connectivity index (χ1v) is 7.05. The van der Waals surface area contributed by atoms with Gasteiger partial charge in [0.05, 0.1) is 16.8 Å². The fraction of sp³-hybridized carbons (Fsp3) is 0.692. The summed E-state index contributed by atoms with van der Waals surface area (Å²) >= 11 is 3.51. The van der Waals surface area contributed by atoms with Gasteiger partial charge >= 0.3 is 0 Å². The van der Waals surface area contributed by atoms with Gasteiger partial charge in [-0.05, 0) is 70.8 Å². The maximum Gasteiger partial charge on any atom is 0.134 e. The number of nitrogens with two attached hydrogens (primary N) is 1. The van der Waals surface area contributed by atoms with E-state index in [0.717, 1.165) is 33.9 Å². The van der Waals surface area contributed by atoms with Crippen molar-refractivity contribution in [3.05, 3.63) is 22.6 Å². The summed E-state index contributed by atoms with van der Waals surface area (Å²) in [5.41, 5.74) is 6.36. The van der Waals surface area contributed by atoms with Crippen LogP contribution in [0.5, 0.6) is 0 Å². The second kappa shape index (κ2) is 3.14. The van der Waals surface area contributed by atoms with Crippen molar-refractivity contribution in [1.29, 1.82) is 0 Å². The van der Waals surface area contributed by atoms with Crippen LogP contribution in [0.2, 0.25) is 0 Å². The maximum atomic E-state index is 6.36. The van der Waals surface area contributed by atoms with Crippen LogP contribution in [-0.2, 0) is 0 Å². The monoisotopic (exact) mass is 281 g/mol. The topological polar surface area (TPSA) is 39.2 Å². The summed E-state index contributed by atoms with van der Waals surface area (Å²) in [6.07, 6.45) is 6.12. The van der Waals surface area contributed by atoms with Gasteiger partial charge in [0.25, 0.3) is 0 Å². The van der Waals surface area contributed by atoms with Crippen LogP contribution in [0, 0.1) is 29.6 Å². The molecule has 2 bridgehead atoms. The fourth-order valence-electron chi connectivity index (χ4n) is 4.59. The van der Waals surface area contributed by atoms with E-state index in [1.807, 2.05) is 6.07 Å². The van der Waals surface area contributed by atoms with Crippen LogP contribution in [-0.4, -0.2) is 0 Å². The number of furan rings is 1. The first kappa shape index (κ1) is 9.72. The van der Waals surface area contributed by atoms with E-state index in [2.05, 4.69) is 15.9 Å².